The molecule has 132 valence electrons. The molecule has 0 spiro atoms. The molecule has 0 saturated carbocycles. The molecule has 0 aromatic heterocycles. The third kappa shape index (κ3) is 3.83. The fourth-order valence-electron chi connectivity index (χ4n) is 2.98. The fraction of sp³-hybridized carbons (Fsp3) is 0.350. The highest BCUT2D eigenvalue weighted by Gasteiger charge is 2.22. The molecule has 0 aliphatic carbocycles. The second kappa shape index (κ2) is 7.68. The highest BCUT2D eigenvalue weighted by atomic mass is 16.5. The molecular formula is C20H24N2O3. The molecule has 1 amide bonds. The largest absolute Gasteiger partial charge is 0.383 e. The molecule has 3 rings (SSSR count). The van der Waals surface area contributed by atoms with Crippen molar-refractivity contribution in [3.63, 3.8) is 0 Å². The monoisotopic (exact) mass is 340 g/mol. The van der Waals surface area contributed by atoms with Crippen LogP contribution in [0.2, 0.25) is 0 Å². The van der Waals surface area contributed by atoms with Crippen molar-refractivity contribution >= 4 is 17.3 Å². The molecule has 0 saturated heterocycles. The number of anilines is 2. The summed E-state index contributed by atoms with van der Waals surface area (Å²) in [5.74, 6) is -0.0288. The highest BCUT2D eigenvalue weighted by Crippen LogP contribution is 2.30. The molecule has 2 aromatic carbocycles. The van der Waals surface area contributed by atoms with Crippen molar-refractivity contribution in [2.75, 3.05) is 50.8 Å². The lowest BCUT2D eigenvalue weighted by molar-refractivity contribution is -0.123. The van der Waals surface area contributed by atoms with Gasteiger partial charge in [-0.05, 0) is 35.4 Å². The summed E-state index contributed by atoms with van der Waals surface area (Å²) in [6.45, 7) is 1.57. The molecule has 5 nitrogen and oxygen atoms in total. The summed E-state index contributed by atoms with van der Waals surface area (Å²) in [4.78, 5) is 16.1. The van der Waals surface area contributed by atoms with Crippen LogP contribution in [0.1, 0.15) is 5.56 Å². The van der Waals surface area contributed by atoms with Crippen molar-refractivity contribution in [1.82, 2.24) is 0 Å². The summed E-state index contributed by atoms with van der Waals surface area (Å²) >= 11 is 0. The molecular weight excluding hydrogens is 316 g/mol. The lowest BCUT2D eigenvalue weighted by Gasteiger charge is -2.22. The number of rotatable bonds is 5. The van der Waals surface area contributed by atoms with Gasteiger partial charge < -0.3 is 19.3 Å². The van der Waals surface area contributed by atoms with Gasteiger partial charge in [0.15, 0.2) is 0 Å². The van der Waals surface area contributed by atoms with Crippen molar-refractivity contribution in [3.8, 4) is 11.1 Å². The first-order valence-electron chi connectivity index (χ1n) is 8.38. The van der Waals surface area contributed by atoms with Crippen LogP contribution in [0, 0.1) is 0 Å². The molecule has 0 radical (unpaired) electrons. The van der Waals surface area contributed by atoms with E-state index in [0.717, 1.165) is 28.1 Å². The van der Waals surface area contributed by atoms with Crippen molar-refractivity contribution in [1.29, 1.82) is 0 Å². The highest BCUT2D eigenvalue weighted by molar-refractivity contribution is 5.96. The average molecular weight is 340 g/mol. The molecule has 0 unspecified atom stereocenters. The Balaban J connectivity index is 1.92. The minimum absolute atomic E-state index is 0.0288. The van der Waals surface area contributed by atoms with Crippen LogP contribution in [0.4, 0.5) is 11.4 Å². The Labute approximate surface area is 148 Å². The van der Waals surface area contributed by atoms with Gasteiger partial charge >= 0.3 is 0 Å². The van der Waals surface area contributed by atoms with Gasteiger partial charge in [-0.25, -0.2) is 0 Å². The number of fused-ring (bicyclic) bond motifs is 1. The first-order valence-corrected chi connectivity index (χ1v) is 8.38. The van der Waals surface area contributed by atoms with Crippen molar-refractivity contribution in [3.05, 3.63) is 48.0 Å². The van der Waals surface area contributed by atoms with E-state index in [1.165, 1.54) is 0 Å². The Morgan fingerprint density at radius 1 is 1.08 bits per heavy atom. The van der Waals surface area contributed by atoms with Crippen LogP contribution < -0.4 is 9.80 Å². The van der Waals surface area contributed by atoms with Gasteiger partial charge in [0.25, 0.3) is 5.91 Å². The Bertz CT molecular complexity index is 741. The molecule has 1 aliphatic heterocycles. The first-order chi connectivity index (χ1) is 12.1. The van der Waals surface area contributed by atoms with Gasteiger partial charge in [-0.15, -0.1) is 0 Å². The number of benzene rings is 2. The van der Waals surface area contributed by atoms with E-state index in [1.54, 1.807) is 12.0 Å². The molecule has 2 aromatic rings. The van der Waals surface area contributed by atoms with Crippen molar-refractivity contribution in [2.45, 2.75) is 6.61 Å². The standard InChI is InChI=1S/C20H24N2O3/c1-21(2)18-7-4-15(5-8-18)16-6-9-19-17(12-16)13-25-14-20(23)22(19)10-11-24-3/h4-9,12H,10-11,13-14H2,1-3H3. The van der Waals surface area contributed by atoms with Crippen LogP contribution >= 0.6 is 0 Å². The number of amides is 1. The minimum atomic E-state index is -0.0288. The second-order valence-electron chi connectivity index (χ2n) is 6.32. The van der Waals surface area contributed by atoms with Gasteiger partial charge in [0.1, 0.15) is 6.61 Å². The van der Waals surface area contributed by atoms with Crippen LogP contribution in [-0.2, 0) is 20.9 Å². The van der Waals surface area contributed by atoms with Gasteiger partial charge in [0, 0.05) is 44.7 Å². The normalized spacial score (nSPS) is 14.2. The van der Waals surface area contributed by atoms with Crippen molar-refractivity contribution < 1.29 is 14.3 Å². The molecule has 0 atom stereocenters. The van der Waals surface area contributed by atoms with Gasteiger partial charge in [-0.2, -0.15) is 0 Å². The van der Waals surface area contributed by atoms with Crippen LogP contribution in [0.25, 0.3) is 11.1 Å². The van der Waals surface area contributed by atoms with E-state index in [2.05, 4.69) is 41.3 Å². The predicted molar refractivity (Wildman–Crippen MR) is 100 cm³/mol. The second-order valence-corrected chi connectivity index (χ2v) is 6.32. The summed E-state index contributed by atoms with van der Waals surface area (Å²) < 4.78 is 10.7. The summed E-state index contributed by atoms with van der Waals surface area (Å²) in [7, 11) is 5.70. The maximum Gasteiger partial charge on any atom is 0.253 e. The summed E-state index contributed by atoms with van der Waals surface area (Å²) in [5.41, 5.74) is 5.36. The number of hydrogen-bond acceptors (Lipinski definition) is 4. The van der Waals surface area contributed by atoms with Crippen molar-refractivity contribution in [2.24, 2.45) is 0 Å². The zero-order chi connectivity index (χ0) is 17.8. The number of hydrogen-bond donors (Lipinski definition) is 0. The number of ether oxygens (including phenoxy) is 2. The van der Waals surface area contributed by atoms with E-state index in [-0.39, 0.29) is 12.5 Å². The molecule has 1 aliphatic rings. The molecule has 0 N–H and O–H groups in total. The molecule has 25 heavy (non-hydrogen) atoms. The smallest absolute Gasteiger partial charge is 0.253 e. The molecule has 0 bridgehead atoms. The van der Waals surface area contributed by atoms with E-state index in [1.807, 2.05) is 20.2 Å². The molecule has 1 heterocycles. The first kappa shape index (κ1) is 17.5. The maximum absolute atomic E-state index is 12.3. The third-order valence-electron chi connectivity index (χ3n) is 4.39. The van der Waals surface area contributed by atoms with E-state index in [0.29, 0.717) is 19.8 Å². The average Bonchev–Trinajstić information content (AvgIpc) is 2.77. The van der Waals surface area contributed by atoms with E-state index < -0.39 is 0 Å². The van der Waals surface area contributed by atoms with Gasteiger partial charge in [-0.3, -0.25) is 4.79 Å². The minimum Gasteiger partial charge on any atom is -0.383 e. The lowest BCUT2D eigenvalue weighted by Crippen LogP contribution is -2.35. The number of nitrogens with zero attached hydrogens (tertiary/aromatic N) is 2. The number of carbonyl (C=O) groups is 1. The van der Waals surface area contributed by atoms with Gasteiger partial charge in [0.2, 0.25) is 0 Å². The van der Waals surface area contributed by atoms with Crippen LogP contribution in [0.15, 0.2) is 42.5 Å². The van der Waals surface area contributed by atoms with E-state index in [9.17, 15) is 4.79 Å². The quantitative estimate of drug-likeness (QED) is 0.839. The van der Waals surface area contributed by atoms with Gasteiger partial charge in [-0.1, -0.05) is 18.2 Å². The number of carbonyl (C=O) groups excluding carboxylic acids is 1. The number of methoxy groups -OCH3 is 1. The Morgan fingerprint density at radius 3 is 2.48 bits per heavy atom. The molecule has 5 heteroatoms. The zero-order valence-electron chi connectivity index (χ0n) is 15.0. The van der Waals surface area contributed by atoms with E-state index >= 15 is 0 Å². The maximum atomic E-state index is 12.3. The molecule has 0 fully saturated rings. The summed E-state index contributed by atoms with van der Waals surface area (Å²) in [6, 6.07) is 14.6. The van der Waals surface area contributed by atoms with E-state index in [4.69, 9.17) is 9.47 Å². The van der Waals surface area contributed by atoms with Crippen LogP contribution in [-0.4, -0.2) is 46.9 Å². The topological polar surface area (TPSA) is 42.0 Å². The van der Waals surface area contributed by atoms with Gasteiger partial charge in [0.05, 0.1) is 13.2 Å². The Morgan fingerprint density at radius 2 is 1.80 bits per heavy atom. The Kier molecular flexibility index (Phi) is 5.36. The Hall–Kier alpha value is -2.37. The fourth-order valence-corrected chi connectivity index (χ4v) is 2.98. The predicted octanol–water partition coefficient (Wildman–Crippen LogP) is 2.93. The summed E-state index contributed by atoms with van der Waals surface area (Å²) in [5, 5.41) is 0. The third-order valence-corrected chi connectivity index (χ3v) is 4.39. The lowest BCUT2D eigenvalue weighted by atomic mass is 10.0. The zero-order valence-corrected chi connectivity index (χ0v) is 15.0. The van der Waals surface area contributed by atoms with Crippen LogP contribution in [0.3, 0.4) is 0 Å². The SMILES string of the molecule is COCCN1C(=O)COCc2cc(-c3ccc(N(C)C)cc3)ccc21. The van der Waals surface area contributed by atoms with Crippen LogP contribution in [0.5, 0.6) is 0 Å². The summed E-state index contributed by atoms with van der Waals surface area (Å²) in [6.07, 6.45) is 0.